The number of thiocarbonyl (C=S) groups is 1. The summed E-state index contributed by atoms with van der Waals surface area (Å²) < 4.78 is 19.4. The summed E-state index contributed by atoms with van der Waals surface area (Å²) in [5.41, 5.74) is 7.03. The molecule has 0 unspecified atom stereocenters. The van der Waals surface area contributed by atoms with Crippen molar-refractivity contribution in [3.63, 3.8) is 0 Å². The van der Waals surface area contributed by atoms with Crippen LogP contribution in [0, 0.1) is 5.82 Å². The van der Waals surface area contributed by atoms with Crippen LogP contribution in [0.3, 0.4) is 0 Å². The van der Waals surface area contributed by atoms with Crippen molar-refractivity contribution in [3.8, 4) is 5.75 Å². The number of rotatable bonds is 4. The van der Waals surface area contributed by atoms with E-state index in [0.717, 1.165) is 10.8 Å². The van der Waals surface area contributed by atoms with E-state index >= 15 is 0 Å². The van der Waals surface area contributed by atoms with Gasteiger partial charge in [0.2, 0.25) is 0 Å². The molecule has 2 N–H and O–H groups in total. The first-order valence-corrected chi connectivity index (χ1v) is 7.25. The molecular weight excluding hydrogens is 297 g/mol. The number of ether oxygens (including phenoxy) is 1. The smallest absolute Gasteiger partial charge is 0.130 e. The van der Waals surface area contributed by atoms with E-state index in [1.165, 1.54) is 6.07 Å². The van der Waals surface area contributed by atoms with Crippen LogP contribution < -0.4 is 10.5 Å². The third-order valence-corrected chi connectivity index (χ3v) is 3.68. The molecule has 0 heterocycles. The minimum Gasteiger partial charge on any atom is -0.488 e. The summed E-state index contributed by atoms with van der Waals surface area (Å²) in [6, 6.07) is 18.1. The van der Waals surface area contributed by atoms with Crippen molar-refractivity contribution in [1.29, 1.82) is 0 Å². The molecule has 2 nitrogen and oxygen atoms in total. The van der Waals surface area contributed by atoms with Gasteiger partial charge in [0, 0.05) is 5.56 Å². The molecule has 0 aliphatic heterocycles. The Morgan fingerprint density at radius 2 is 1.73 bits per heavy atom. The topological polar surface area (TPSA) is 35.2 Å². The molecule has 3 rings (SSSR count). The Bertz CT molecular complexity index is 847. The first-order valence-electron chi connectivity index (χ1n) is 6.84. The van der Waals surface area contributed by atoms with E-state index in [9.17, 15) is 4.39 Å². The average Bonchev–Trinajstić information content (AvgIpc) is 2.53. The summed E-state index contributed by atoms with van der Waals surface area (Å²) >= 11 is 5.16. The molecule has 0 aliphatic rings. The van der Waals surface area contributed by atoms with Crippen LogP contribution in [-0.2, 0) is 6.61 Å². The van der Waals surface area contributed by atoms with E-state index in [2.05, 4.69) is 0 Å². The molecule has 0 saturated carbocycles. The van der Waals surface area contributed by atoms with Crippen LogP contribution in [0.5, 0.6) is 5.75 Å². The van der Waals surface area contributed by atoms with Crippen molar-refractivity contribution in [2.45, 2.75) is 6.61 Å². The van der Waals surface area contributed by atoms with Crippen molar-refractivity contribution >= 4 is 28.0 Å². The van der Waals surface area contributed by atoms with Crippen molar-refractivity contribution in [2.75, 3.05) is 0 Å². The number of fused-ring (bicyclic) bond motifs is 1. The summed E-state index contributed by atoms with van der Waals surface area (Å²) in [6.07, 6.45) is 0. The molecule has 0 saturated heterocycles. The largest absolute Gasteiger partial charge is 0.488 e. The number of benzene rings is 3. The summed E-state index contributed by atoms with van der Waals surface area (Å²) in [5, 5.41) is 1.96. The molecule has 0 aromatic heterocycles. The van der Waals surface area contributed by atoms with Crippen LogP contribution in [0.25, 0.3) is 10.8 Å². The van der Waals surface area contributed by atoms with E-state index in [1.807, 2.05) is 36.4 Å². The van der Waals surface area contributed by atoms with Crippen molar-refractivity contribution < 1.29 is 9.13 Å². The number of hydrogen-bond acceptors (Lipinski definition) is 2. The second-order valence-electron chi connectivity index (χ2n) is 4.90. The fourth-order valence-electron chi connectivity index (χ4n) is 2.40. The van der Waals surface area contributed by atoms with Crippen LogP contribution in [0.4, 0.5) is 4.39 Å². The van der Waals surface area contributed by atoms with Crippen LogP contribution in [0.2, 0.25) is 0 Å². The summed E-state index contributed by atoms with van der Waals surface area (Å²) in [7, 11) is 0. The molecule has 3 aromatic rings. The fraction of sp³-hybridized carbons (Fsp3) is 0.0556. The van der Waals surface area contributed by atoms with Gasteiger partial charge in [-0.3, -0.25) is 0 Å². The third kappa shape index (κ3) is 2.78. The zero-order chi connectivity index (χ0) is 15.5. The van der Waals surface area contributed by atoms with E-state index in [1.54, 1.807) is 18.2 Å². The maximum atomic E-state index is 13.7. The molecule has 0 spiro atoms. The monoisotopic (exact) mass is 311 g/mol. The van der Waals surface area contributed by atoms with Crippen molar-refractivity contribution in [2.24, 2.45) is 5.73 Å². The Morgan fingerprint density at radius 1 is 1.00 bits per heavy atom. The van der Waals surface area contributed by atoms with Gasteiger partial charge in [-0.2, -0.15) is 0 Å². The van der Waals surface area contributed by atoms with Crippen molar-refractivity contribution in [1.82, 2.24) is 0 Å². The summed E-state index contributed by atoms with van der Waals surface area (Å²) in [5.74, 6) is 0.273. The Labute approximate surface area is 133 Å². The minimum atomic E-state index is -0.292. The molecule has 0 aliphatic carbocycles. The van der Waals surface area contributed by atoms with Crippen LogP contribution in [-0.4, -0.2) is 4.99 Å². The van der Waals surface area contributed by atoms with Gasteiger partial charge in [-0.1, -0.05) is 60.7 Å². The maximum Gasteiger partial charge on any atom is 0.130 e. The number of nitrogens with two attached hydrogens (primary N) is 1. The molecule has 3 aromatic carbocycles. The van der Waals surface area contributed by atoms with Crippen LogP contribution in [0.1, 0.15) is 11.1 Å². The molecule has 0 bridgehead atoms. The fourth-order valence-corrected chi connectivity index (χ4v) is 2.61. The molecule has 0 amide bonds. The average molecular weight is 311 g/mol. The SMILES string of the molecule is NC(=S)c1c(OCc2ccccc2F)ccc2ccccc12. The Kier molecular flexibility index (Phi) is 4.02. The molecule has 4 heteroatoms. The quantitative estimate of drug-likeness (QED) is 0.734. The van der Waals surface area contributed by atoms with Crippen LogP contribution in [0.15, 0.2) is 60.7 Å². The lowest BCUT2D eigenvalue weighted by Crippen LogP contribution is -2.12. The van der Waals surface area contributed by atoms with Gasteiger partial charge in [-0.25, -0.2) is 4.39 Å². The van der Waals surface area contributed by atoms with Gasteiger partial charge in [0.1, 0.15) is 23.2 Å². The highest BCUT2D eigenvalue weighted by Crippen LogP contribution is 2.28. The lowest BCUT2D eigenvalue weighted by atomic mass is 10.0. The lowest BCUT2D eigenvalue weighted by Gasteiger charge is -2.13. The molecule has 110 valence electrons. The Morgan fingerprint density at radius 3 is 2.50 bits per heavy atom. The number of hydrogen-bond donors (Lipinski definition) is 1. The van der Waals surface area contributed by atoms with E-state index in [0.29, 0.717) is 16.9 Å². The minimum absolute atomic E-state index is 0.126. The zero-order valence-electron chi connectivity index (χ0n) is 11.8. The first-order chi connectivity index (χ1) is 10.7. The van der Waals surface area contributed by atoms with Gasteiger partial charge in [0.15, 0.2) is 0 Å². The Balaban J connectivity index is 1.98. The highest BCUT2D eigenvalue weighted by molar-refractivity contribution is 7.80. The molecular formula is C18H14FNOS. The predicted octanol–water partition coefficient (Wildman–Crippen LogP) is 4.19. The highest BCUT2D eigenvalue weighted by Gasteiger charge is 2.12. The second kappa shape index (κ2) is 6.12. The van der Waals surface area contributed by atoms with Crippen molar-refractivity contribution in [3.05, 3.63) is 77.6 Å². The van der Waals surface area contributed by atoms with E-state index < -0.39 is 0 Å². The lowest BCUT2D eigenvalue weighted by molar-refractivity contribution is 0.300. The van der Waals surface area contributed by atoms with Gasteiger partial charge in [-0.05, 0) is 22.9 Å². The summed E-state index contributed by atoms with van der Waals surface area (Å²) in [6.45, 7) is 0.126. The van der Waals surface area contributed by atoms with Gasteiger partial charge in [0.05, 0.1) is 5.56 Å². The highest BCUT2D eigenvalue weighted by atomic mass is 32.1. The Hall–Kier alpha value is -2.46. The van der Waals surface area contributed by atoms with Gasteiger partial charge < -0.3 is 10.5 Å². The first kappa shape index (κ1) is 14.5. The van der Waals surface area contributed by atoms with E-state index in [-0.39, 0.29) is 17.4 Å². The zero-order valence-corrected chi connectivity index (χ0v) is 12.6. The van der Waals surface area contributed by atoms with Gasteiger partial charge in [0.25, 0.3) is 0 Å². The molecule has 0 atom stereocenters. The second-order valence-corrected chi connectivity index (χ2v) is 5.34. The number of halogens is 1. The third-order valence-electron chi connectivity index (χ3n) is 3.48. The normalized spacial score (nSPS) is 10.6. The standard InChI is InChI=1S/C18H14FNOS/c19-15-8-4-2-6-13(15)11-21-16-10-9-12-5-1-3-7-14(12)17(16)18(20)22/h1-10H,11H2,(H2,20,22). The van der Waals surface area contributed by atoms with Gasteiger partial charge in [-0.15, -0.1) is 0 Å². The van der Waals surface area contributed by atoms with Crippen LogP contribution >= 0.6 is 12.2 Å². The predicted molar refractivity (Wildman–Crippen MR) is 90.6 cm³/mol. The maximum absolute atomic E-state index is 13.7. The molecule has 0 radical (unpaired) electrons. The van der Waals surface area contributed by atoms with E-state index in [4.69, 9.17) is 22.7 Å². The van der Waals surface area contributed by atoms with Gasteiger partial charge >= 0.3 is 0 Å². The molecule has 0 fully saturated rings. The summed E-state index contributed by atoms with van der Waals surface area (Å²) in [4.78, 5) is 0.264. The molecule has 22 heavy (non-hydrogen) atoms.